The second-order valence-corrected chi connectivity index (χ2v) is 5.06. The number of amides is 1. The van der Waals surface area contributed by atoms with Crippen LogP contribution in [0.1, 0.15) is 37.4 Å². The molecule has 0 spiro atoms. The minimum absolute atomic E-state index is 0.113. The molecule has 2 unspecified atom stereocenters. The summed E-state index contributed by atoms with van der Waals surface area (Å²) < 4.78 is 4.99. The Morgan fingerprint density at radius 3 is 2.57 bits per heavy atom. The summed E-state index contributed by atoms with van der Waals surface area (Å²) in [5.41, 5.74) is 7.45. The van der Waals surface area contributed by atoms with Gasteiger partial charge in [-0.25, -0.2) is 0 Å². The van der Waals surface area contributed by atoms with E-state index >= 15 is 0 Å². The average molecular weight is 292 g/mol. The van der Waals surface area contributed by atoms with Gasteiger partial charge in [0.2, 0.25) is 5.91 Å². The Balaban J connectivity index is 2.92. The summed E-state index contributed by atoms with van der Waals surface area (Å²) in [4.78, 5) is 23.8. The molecule has 0 saturated carbocycles. The molecule has 21 heavy (non-hydrogen) atoms. The number of nitrogens with one attached hydrogen (secondary N) is 1. The van der Waals surface area contributed by atoms with Gasteiger partial charge in [-0.1, -0.05) is 31.2 Å². The zero-order chi connectivity index (χ0) is 15.8. The van der Waals surface area contributed by atoms with Gasteiger partial charge < -0.3 is 15.8 Å². The summed E-state index contributed by atoms with van der Waals surface area (Å²) in [5.74, 6) is -0.778. The molecule has 0 aromatic heterocycles. The average Bonchev–Trinajstić information content (AvgIpc) is 2.46. The van der Waals surface area contributed by atoms with E-state index in [0.717, 1.165) is 11.1 Å². The Morgan fingerprint density at radius 2 is 2.00 bits per heavy atom. The van der Waals surface area contributed by atoms with E-state index in [9.17, 15) is 9.59 Å². The third-order valence-corrected chi connectivity index (χ3v) is 3.36. The van der Waals surface area contributed by atoms with Crippen molar-refractivity contribution in [2.75, 3.05) is 13.2 Å². The van der Waals surface area contributed by atoms with Crippen molar-refractivity contribution in [3.63, 3.8) is 0 Å². The van der Waals surface area contributed by atoms with E-state index in [0.29, 0.717) is 6.61 Å². The van der Waals surface area contributed by atoms with E-state index in [1.165, 1.54) is 0 Å². The van der Waals surface area contributed by atoms with E-state index in [1.807, 2.05) is 31.2 Å². The number of nitrogens with two attached hydrogens (primary N) is 1. The smallest absolute Gasteiger partial charge is 0.308 e. The number of esters is 1. The molecule has 0 radical (unpaired) electrons. The van der Waals surface area contributed by atoms with Crippen molar-refractivity contribution in [2.24, 2.45) is 11.7 Å². The van der Waals surface area contributed by atoms with Crippen LogP contribution in [0.4, 0.5) is 0 Å². The highest BCUT2D eigenvalue weighted by atomic mass is 16.5. The first-order valence-corrected chi connectivity index (χ1v) is 7.21. The van der Waals surface area contributed by atoms with E-state index in [4.69, 9.17) is 10.5 Å². The number of benzene rings is 1. The van der Waals surface area contributed by atoms with Crippen LogP contribution in [0.15, 0.2) is 24.3 Å². The molecular formula is C16H24N2O3. The third kappa shape index (κ3) is 5.19. The first kappa shape index (κ1) is 17.2. The molecule has 0 aliphatic carbocycles. The van der Waals surface area contributed by atoms with Gasteiger partial charge >= 0.3 is 5.97 Å². The Kier molecular flexibility index (Phi) is 6.88. The summed E-state index contributed by atoms with van der Waals surface area (Å²) in [6, 6.07) is 7.27. The van der Waals surface area contributed by atoms with Crippen molar-refractivity contribution < 1.29 is 14.3 Å². The summed E-state index contributed by atoms with van der Waals surface area (Å²) in [7, 11) is 0. The van der Waals surface area contributed by atoms with Crippen LogP contribution in [-0.4, -0.2) is 25.0 Å². The Morgan fingerprint density at radius 1 is 1.33 bits per heavy atom. The molecule has 0 aliphatic rings. The molecule has 0 fully saturated rings. The molecule has 0 aliphatic heterocycles. The first-order chi connectivity index (χ1) is 9.99. The van der Waals surface area contributed by atoms with Gasteiger partial charge in [-0.2, -0.15) is 0 Å². The minimum atomic E-state index is -0.397. The highest BCUT2D eigenvalue weighted by Crippen LogP contribution is 2.21. The molecule has 116 valence electrons. The van der Waals surface area contributed by atoms with Gasteiger partial charge in [-0.3, -0.25) is 9.59 Å². The fraction of sp³-hybridized carbons (Fsp3) is 0.500. The number of aryl methyl sites for hydroxylation is 1. The zero-order valence-electron chi connectivity index (χ0n) is 12.9. The monoisotopic (exact) mass is 292 g/mol. The Bertz CT molecular complexity index is 488. The van der Waals surface area contributed by atoms with Crippen molar-refractivity contribution in [3.8, 4) is 0 Å². The number of rotatable bonds is 7. The van der Waals surface area contributed by atoms with Crippen LogP contribution >= 0.6 is 0 Å². The fourth-order valence-corrected chi connectivity index (χ4v) is 2.02. The summed E-state index contributed by atoms with van der Waals surface area (Å²) >= 11 is 0. The second kappa shape index (κ2) is 8.42. The van der Waals surface area contributed by atoms with E-state index in [2.05, 4.69) is 5.32 Å². The maximum absolute atomic E-state index is 12.1. The first-order valence-electron chi connectivity index (χ1n) is 7.21. The SMILES string of the molecule is CCOC(=O)CC(NC(=O)C(C)CN)c1ccccc1C. The van der Waals surface area contributed by atoms with Crippen LogP contribution in [0.25, 0.3) is 0 Å². The molecule has 2 atom stereocenters. The topological polar surface area (TPSA) is 81.4 Å². The van der Waals surface area contributed by atoms with Gasteiger partial charge in [-0.15, -0.1) is 0 Å². The summed E-state index contributed by atoms with van der Waals surface area (Å²) in [6.45, 7) is 6.06. The van der Waals surface area contributed by atoms with Crippen molar-refractivity contribution >= 4 is 11.9 Å². The van der Waals surface area contributed by atoms with Gasteiger partial charge in [0.25, 0.3) is 0 Å². The molecule has 1 amide bonds. The van der Waals surface area contributed by atoms with Crippen LogP contribution in [0.2, 0.25) is 0 Å². The van der Waals surface area contributed by atoms with Crippen molar-refractivity contribution in [3.05, 3.63) is 35.4 Å². The lowest BCUT2D eigenvalue weighted by molar-refractivity contribution is -0.143. The number of ether oxygens (including phenoxy) is 1. The Hall–Kier alpha value is -1.88. The van der Waals surface area contributed by atoms with E-state index < -0.39 is 6.04 Å². The van der Waals surface area contributed by atoms with E-state index in [-0.39, 0.29) is 30.8 Å². The van der Waals surface area contributed by atoms with Gasteiger partial charge in [-0.05, 0) is 25.0 Å². The number of carbonyl (C=O) groups excluding carboxylic acids is 2. The predicted octanol–water partition coefficient (Wildman–Crippen LogP) is 1.70. The van der Waals surface area contributed by atoms with Crippen LogP contribution in [-0.2, 0) is 14.3 Å². The van der Waals surface area contributed by atoms with Crippen LogP contribution < -0.4 is 11.1 Å². The van der Waals surface area contributed by atoms with Crippen molar-refractivity contribution in [1.29, 1.82) is 0 Å². The molecule has 0 saturated heterocycles. The normalized spacial score (nSPS) is 13.3. The maximum Gasteiger partial charge on any atom is 0.308 e. The van der Waals surface area contributed by atoms with Crippen molar-refractivity contribution in [1.82, 2.24) is 5.32 Å². The van der Waals surface area contributed by atoms with E-state index in [1.54, 1.807) is 13.8 Å². The highest BCUT2D eigenvalue weighted by molar-refractivity contribution is 5.80. The largest absolute Gasteiger partial charge is 0.466 e. The molecule has 3 N–H and O–H groups in total. The third-order valence-electron chi connectivity index (χ3n) is 3.36. The maximum atomic E-state index is 12.1. The number of carbonyl (C=O) groups is 2. The van der Waals surface area contributed by atoms with Gasteiger partial charge in [0.15, 0.2) is 0 Å². The van der Waals surface area contributed by atoms with Gasteiger partial charge in [0, 0.05) is 12.5 Å². The molecule has 5 heteroatoms. The van der Waals surface area contributed by atoms with Gasteiger partial charge in [0.05, 0.1) is 19.1 Å². The molecule has 1 aromatic carbocycles. The molecule has 0 heterocycles. The quantitative estimate of drug-likeness (QED) is 0.749. The molecular weight excluding hydrogens is 268 g/mol. The minimum Gasteiger partial charge on any atom is -0.466 e. The number of hydrogen-bond acceptors (Lipinski definition) is 4. The predicted molar refractivity (Wildman–Crippen MR) is 81.5 cm³/mol. The van der Waals surface area contributed by atoms with Crippen LogP contribution in [0.5, 0.6) is 0 Å². The second-order valence-electron chi connectivity index (χ2n) is 5.06. The lowest BCUT2D eigenvalue weighted by Crippen LogP contribution is -2.37. The van der Waals surface area contributed by atoms with Crippen LogP contribution in [0, 0.1) is 12.8 Å². The molecule has 5 nitrogen and oxygen atoms in total. The fourth-order valence-electron chi connectivity index (χ4n) is 2.02. The summed E-state index contributed by atoms with van der Waals surface area (Å²) in [6.07, 6.45) is 0.113. The lowest BCUT2D eigenvalue weighted by atomic mass is 9.98. The Labute approximate surface area is 125 Å². The van der Waals surface area contributed by atoms with Crippen LogP contribution in [0.3, 0.4) is 0 Å². The highest BCUT2D eigenvalue weighted by Gasteiger charge is 2.22. The standard InChI is InChI=1S/C16H24N2O3/c1-4-21-15(19)9-14(18-16(20)12(3)10-17)13-8-6-5-7-11(13)2/h5-8,12,14H,4,9-10,17H2,1-3H3,(H,18,20). The lowest BCUT2D eigenvalue weighted by Gasteiger charge is -2.22. The van der Waals surface area contributed by atoms with Gasteiger partial charge in [0.1, 0.15) is 0 Å². The zero-order valence-corrected chi connectivity index (χ0v) is 12.9. The molecule has 1 rings (SSSR count). The molecule has 0 bridgehead atoms. The summed E-state index contributed by atoms with van der Waals surface area (Å²) in [5, 5.41) is 2.89. The molecule has 1 aromatic rings. The number of hydrogen-bond donors (Lipinski definition) is 2. The van der Waals surface area contributed by atoms with Crippen molar-refractivity contribution in [2.45, 2.75) is 33.2 Å².